The molecule has 0 saturated carbocycles. The third-order valence-corrected chi connectivity index (χ3v) is 4.91. The lowest BCUT2D eigenvalue weighted by Gasteiger charge is -2.19. The molecule has 1 atom stereocenters. The largest absolute Gasteiger partial charge is 0.486 e. The molecule has 2 aliphatic rings. The maximum absolute atomic E-state index is 12.9. The van der Waals surface area contributed by atoms with Crippen molar-refractivity contribution in [1.29, 1.82) is 0 Å². The lowest BCUT2D eigenvalue weighted by molar-refractivity contribution is -0.145. The van der Waals surface area contributed by atoms with Gasteiger partial charge in [0.1, 0.15) is 13.2 Å². The van der Waals surface area contributed by atoms with Crippen LogP contribution >= 0.6 is 0 Å². The van der Waals surface area contributed by atoms with Crippen LogP contribution in [0.3, 0.4) is 0 Å². The monoisotopic (exact) mass is 391 g/mol. The SMILES string of the molecule is O=C(O[C@@H]1CCOC1=O)c1cc(-c2ccc3c(c2)OCCO3)nc2ccccc12. The normalized spacial score (nSPS) is 17.8. The average molecular weight is 391 g/mol. The van der Waals surface area contributed by atoms with Crippen LogP contribution in [0.4, 0.5) is 0 Å². The fraction of sp³-hybridized carbons (Fsp3) is 0.227. The topological polar surface area (TPSA) is 84.0 Å². The maximum atomic E-state index is 12.9. The number of hydrogen-bond donors (Lipinski definition) is 0. The van der Waals surface area contributed by atoms with Crippen molar-refractivity contribution >= 4 is 22.8 Å². The van der Waals surface area contributed by atoms with Crippen LogP contribution in [-0.4, -0.2) is 42.8 Å². The van der Waals surface area contributed by atoms with Crippen molar-refractivity contribution in [1.82, 2.24) is 4.98 Å². The van der Waals surface area contributed by atoms with Crippen molar-refractivity contribution in [3.63, 3.8) is 0 Å². The molecular weight excluding hydrogens is 374 g/mol. The Morgan fingerprint density at radius 2 is 1.79 bits per heavy atom. The van der Waals surface area contributed by atoms with Crippen LogP contribution < -0.4 is 9.47 Å². The lowest BCUT2D eigenvalue weighted by Crippen LogP contribution is -2.23. The van der Waals surface area contributed by atoms with Gasteiger partial charge in [0.25, 0.3) is 0 Å². The number of pyridine rings is 1. The third-order valence-electron chi connectivity index (χ3n) is 4.91. The average Bonchev–Trinajstić information content (AvgIpc) is 3.16. The summed E-state index contributed by atoms with van der Waals surface area (Å²) < 4.78 is 21.5. The van der Waals surface area contributed by atoms with Crippen molar-refractivity contribution in [3.05, 3.63) is 54.1 Å². The molecule has 0 amide bonds. The summed E-state index contributed by atoms with van der Waals surface area (Å²) in [5, 5.41) is 0.658. The van der Waals surface area contributed by atoms with E-state index >= 15 is 0 Å². The van der Waals surface area contributed by atoms with Gasteiger partial charge in [0, 0.05) is 17.4 Å². The van der Waals surface area contributed by atoms with Crippen LogP contribution in [0, 0.1) is 0 Å². The van der Waals surface area contributed by atoms with Gasteiger partial charge in [-0.05, 0) is 30.3 Å². The van der Waals surface area contributed by atoms with E-state index in [4.69, 9.17) is 18.9 Å². The van der Waals surface area contributed by atoms with Gasteiger partial charge >= 0.3 is 11.9 Å². The highest BCUT2D eigenvalue weighted by molar-refractivity contribution is 6.05. The van der Waals surface area contributed by atoms with Gasteiger partial charge in [-0.15, -0.1) is 0 Å². The molecule has 0 unspecified atom stereocenters. The molecule has 3 aromatic rings. The smallest absolute Gasteiger partial charge is 0.347 e. The minimum absolute atomic E-state index is 0.260. The van der Waals surface area contributed by atoms with Crippen LogP contribution in [0.15, 0.2) is 48.5 Å². The Morgan fingerprint density at radius 3 is 2.62 bits per heavy atom. The number of carbonyl (C=O) groups excluding carboxylic acids is 2. The summed E-state index contributed by atoms with van der Waals surface area (Å²) in [6.45, 7) is 1.26. The standard InChI is InChI=1S/C22H17NO6/c24-21(29-19-7-8-28-22(19)25)15-12-17(23-16-4-2-1-3-14(15)16)13-5-6-18-20(11-13)27-10-9-26-18/h1-6,11-12,19H,7-10H2/t19-/m1/s1. The van der Waals surface area contributed by atoms with E-state index in [1.54, 1.807) is 12.1 Å². The van der Waals surface area contributed by atoms with Gasteiger partial charge in [0.2, 0.25) is 6.10 Å². The molecule has 5 rings (SSSR count). The second-order valence-corrected chi connectivity index (χ2v) is 6.78. The predicted octanol–water partition coefficient (Wildman–Crippen LogP) is 3.15. The number of rotatable bonds is 3. The molecule has 0 aliphatic carbocycles. The number of cyclic esters (lactones) is 1. The summed E-state index contributed by atoms with van der Waals surface area (Å²) >= 11 is 0. The fourth-order valence-electron chi connectivity index (χ4n) is 3.47. The van der Waals surface area contributed by atoms with Gasteiger partial charge in [-0.1, -0.05) is 18.2 Å². The minimum Gasteiger partial charge on any atom is -0.486 e. The Balaban J connectivity index is 1.57. The van der Waals surface area contributed by atoms with Crippen LogP contribution in [-0.2, 0) is 14.3 Å². The Bertz CT molecular complexity index is 1130. The molecule has 1 saturated heterocycles. The lowest BCUT2D eigenvalue weighted by atomic mass is 10.0. The van der Waals surface area contributed by atoms with Crippen LogP contribution in [0.2, 0.25) is 0 Å². The van der Waals surface area contributed by atoms with E-state index in [0.29, 0.717) is 53.3 Å². The first-order valence-electron chi connectivity index (χ1n) is 9.36. The molecule has 2 aliphatic heterocycles. The second kappa shape index (κ2) is 7.09. The van der Waals surface area contributed by atoms with E-state index in [2.05, 4.69) is 4.98 Å². The van der Waals surface area contributed by atoms with Crippen LogP contribution in [0.5, 0.6) is 11.5 Å². The van der Waals surface area contributed by atoms with Gasteiger partial charge in [0.05, 0.1) is 23.4 Å². The summed E-state index contributed by atoms with van der Waals surface area (Å²) in [6, 6.07) is 14.5. The summed E-state index contributed by atoms with van der Waals surface area (Å²) in [5.74, 6) is 0.233. The second-order valence-electron chi connectivity index (χ2n) is 6.78. The van der Waals surface area contributed by atoms with Crippen molar-refractivity contribution in [2.24, 2.45) is 0 Å². The Labute approximate surface area is 166 Å². The Kier molecular flexibility index (Phi) is 4.27. The number of para-hydroxylation sites is 1. The molecule has 3 heterocycles. The summed E-state index contributed by atoms with van der Waals surface area (Å²) in [4.78, 5) is 29.3. The van der Waals surface area contributed by atoms with Crippen LogP contribution in [0.25, 0.3) is 22.2 Å². The van der Waals surface area contributed by atoms with Crippen LogP contribution in [0.1, 0.15) is 16.8 Å². The molecule has 146 valence electrons. The highest BCUT2D eigenvalue weighted by atomic mass is 16.6. The number of fused-ring (bicyclic) bond motifs is 2. The zero-order valence-electron chi connectivity index (χ0n) is 15.4. The molecule has 0 bridgehead atoms. The number of carbonyl (C=O) groups is 2. The van der Waals surface area contributed by atoms with Crippen molar-refractivity contribution in [3.8, 4) is 22.8 Å². The third kappa shape index (κ3) is 3.24. The number of aromatic nitrogens is 1. The Morgan fingerprint density at radius 1 is 0.966 bits per heavy atom. The fourth-order valence-corrected chi connectivity index (χ4v) is 3.47. The van der Waals surface area contributed by atoms with Gasteiger partial charge in [0.15, 0.2) is 11.5 Å². The highest BCUT2D eigenvalue weighted by Crippen LogP contribution is 2.35. The quantitative estimate of drug-likeness (QED) is 0.634. The number of ether oxygens (including phenoxy) is 4. The van der Waals surface area contributed by atoms with Crippen molar-refractivity contribution in [2.75, 3.05) is 19.8 Å². The zero-order valence-corrected chi connectivity index (χ0v) is 15.4. The van der Waals surface area contributed by atoms with Crippen molar-refractivity contribution < 1.29 is 28.5 Å². The zero-order chi connectivity index (χ0) is 19.8. The molecule has 29 heavy (non-hydrogen) atoms. The highest BCUT2D eigenvalue weighted by Gasteiger charge is 2.31. The van der Waals surface area contributed by atoms with Crippen molar-refractivity contribution in [2.45, 2.75) is 12.5 Å². The molecular formula is C22H17NO6. The first-order valence-corrected chi connectivity index (χ1v) is 9.36. The molecule has 2 aromatic carbocycles. The predicted molar refractivity (Wildman–Crippen MR) is 103 cm³/mol. The Hall–Kier alpha value is -3.61. The van der Waals surface area contributed by atoms with Gasteiger partial charge < -0.3 is 18.9 Å². The van der Waals surface area contributed by atoms with E-state index in [-0.39, 0.29) is 6.61 Å². The minimum atomic E-state index is -0.868. The van der Waals surface area contributed by atoms with E-state index in [1.807, 2.05) is 36.4 Å². The molecule has 7 nitrogen and oxygen atoms in total. The molecule has 0 spiro atoms. The van der Waals surface area contributed by atoms with E-state index in [9.17, 15) is 9.59 Å². The molecule has 0 radical (unpaired) electrons. The summed E-state index contributed by atoms with van der Waals surface area (Å²) in [5.41, 5.74) is 2.39. The number of benzene rings is 2. The molecule has 1 fully saturated rings. The van der Waals surface area contributed by atoms with E-state index in [0.717, 1.165) is 5.56 Å². The molecule has 1 aromatic heterocycles. The first kappa shape index (κ1) is 17.5. The molecule has 0 N–H and O–H groups in total. The number of esters is 2. The maximum Gasteiger partial charge on any atom is 0.347 e. The number of nitrogens with zero attached hydrogens (tertiary/aromatic N) is 1. The van der Waals surface area contributed by atoms with Gasteiger partial charge in [-0.2, -0.15) is 0 Å². The summed E-state index contributed by atoms with van der Waals surface area (Å²) in [6.07, 6.45) is -0.505. The van der Waals surface area contributed by atoms with E-state index in [1.165, 1.54) is 0 Å². The van der Waals surface area contributed by atoms with E-state index < -0.39 is 18.0 Å². The van der Waals surface area contributed by atoms with Gasteiger partial charge in [-0.3, -0.25) is 0 Å². The number of hydrogen-bond acceptors (Lipinski definition) is 7. The summed E-state index contributed by atoms with van der Waals surface area (Å²) in [7, 11) is 0. The van der Waals surface area contributed by atoms with Gasteiger partial charge in [-0.25, -0.2) is 14.6 Å². The molecule has 7 heteroatoms. The first-order chi connectivity index (χ1) is 14.2.